The van der Waals surface area contributed by atoms with Crippen LogP contribution in [0.1, 0.15) is 52.7 Å². The van der Waals surface area contributed by atoms with E-state index >= 15 is 0 Å². The molecule has 0 atom stereocenters. The Morgan fingerprint density at radius 3 is 1.12 bits per heavy atom. The van der Waals surface area contributed by atoms with E-state index in [-0.39, 0.29) is 0 Å². The largest absolute Gasteiger partial charge is 0.537 e. The fourth-order valence-electron chi connectivity index (χ4n) is 3.85. The van der Waals surface area contributed by atoms with Crippen LogP contribution in [-0.4, -0.2) is 57.3 Å². The molecule has 0 unspecified atom stereocenters. The molecule has 0 aromatic heterocycles. The third-order valence-electron chi connectivity index (χ3n) is 5.14. The molecule has 0 amide bonds. The molecule has 8 heteroatoms. The molecule has 0 saturated heterocycles. The highest BCUT2D eigenvalue weighted by Crippen LogP contribution is 2.23. The van der Waals surface area contributed by atoms with E-state index in [1.54, 1.807) is 0 Å². The van der Waals surface area contributed by atoms with E-state index in [1.165, 1.54) is 0 Å². The molecule has 188 valence electrons. The van der Waals surface area contributed by atoms with Gasteiger partial charge < -0.3 is 26.6 Å². The Hall–Kier alpha value is -1.63. The molecule has 0 aliphatic heterocycles. The van der Waals surface area contributed by atoms with Crippen molar-refractivity contribution < 1.29 is 26.6 Å². The summed E-state index contributed by atoms with van der Waals surface area (Å²) in [6, 6.07) is 16.2. The van der Waals surface area contributed by atoms with Gasteiger partial charge in [-0.1, -0.05) is 43.0 Å². The first-order chi connectivity index (χ1) is 16.5. The van der Waals surface area contributed by atoms with E-state index in [4.69, 9.17) is 26.6 Å². The fraction of sp³-hybridized carbons (Fsp3) is 0.462. The summed E-state index contributed by atoms with van der Waals surface area (Å²) in [5.41, 5.74) is 2.83. The summed E-state index contributed by atoms with van der Waals surface area (Å²) in [6.45, 7) is 19.2. The highest BCUT2D eigenvalue weighted by Gasteiger charge is 2.44. The summed E-state index contributed by atoms with van der Waals surface area (Å²) < 4.78 is 36.6. The molecular weight excluding hydrogens is 464 g/mol. The van der Waals surface area contributed by atoms with Gasteiger partial charge >= 0.3 is 17.6 Å². The molecule has 0 saturated carbocycles. The third-order valence-corrected chi connectivity index (χ3v) is 11.2. The summed E-state index contributed by atoms with van der Waals surface area (Å²) >= 11 is 0. The van der Waals surface area contributed by atoms with Crippen LogP contribution >= 0.6 is 0 Å². The second kappa shape index (κ2) is 14.1. The summed E-state index contributed by atoms with van der Waals surface area (Å²) in [4.78, 5) is 0. The fourth-order valence-corrected chi connectivity index (χ4v) is 8.90. The van der Waals surface area contributed by atoms with Crippen LogP contribution in [0.25, 0.3) is 5.57 Å². The predicted molar refractivity (Wildman–Crippen MR) is 142 cm³/mol. The van der Waals surface area contributed by atoms with Gasteiger partial charge in [0.05, 0.1) is 0 Å². The van der Waals surface area contributed by atoms with E-state index in [1.807, 2.05) is 77.9 Å². The van der Waals surface area contributed by atoms with Crippen LogP contribution in [0, 0.1) is 0 Å². The van der Waals surface area contributed by atoms with Gasteiger partial charge in [-0.25, -0.2) is 0 Å². The number of rotatable bonds is 16. The minimum atomic E-state index is -3.02. The van der Waals surface area contributed by atoms with Crippen LogP contribution in [0.4, 0.5) is 0 Å². The third kappa shape index (κ3) is 6.74. The summed E-state index contributed by atoms with van der Waals surface area (Å²) in [6.07, 6.45) is 0. The molecule has 34 heavy (non-hydrogen) atoms. The molecule has 2 rings (SSSR count). The maximum absolute atomic E-state index is 6.10. The summed E-state index contributed by atoms with van der Waals surface area (Å²) in [7, 11) is -6.03. The maximum atomic E-state index is 6.10. The molecular formula is C26H40O6Si2. The van der Waals surface area contributed by atoms with Crippen molar-refractivity contribution in [2.24, 2.45) is 0 Å². The molecule has 0 N–H and O–H groups in total. The lowest BCUT2D eigenvalue weighted by atomic mass is 10.00. The van der Waals surface area contributed by atoms with Crippen molar-refractivity contribution in [1.82, 2.24) is 0 Å². The van der Waals surface area contributed by atoms with Gasteiger partial charge in [-0.15, -0.1) is 0 Å². The van der Waals surface area contributed by atoms with Gasteiger partial charge in [-0.2, -0.15) is 0 Å². The molecule has 0 aliphatic rings. The molecule has 0 aliphatic carbocycles. The molecule has 2 aromatic rings. The van der Waals surface area contributed by atoms with Crippen LogP contribution in [0.2, 0.25) is 0 Å². The topological polar surface area (TPSA) is 55.4 Å². The molecule has 0 radical (unpaired) electrons. The first kappa shape index (κ1) is 28.6. The van der Waals surface area contributed by atoms with Gasteiger partial charge in [0.15, 0.2) is 0 Å². The zero-order valence-electron chi connectivity index (χ0n) is 21.5. The molecule has 2 aromatic carbocycles. The lowest BCUT2D eigenvalue weighted by Crippen LogP contribution is -2.57. The van der Waals surface area contributed by atoms with E-state index in [0.717, 1.165) is 27.1 Å². The number of benzene rings is 2. The zero-order chi connectivity index (χ0) is 25.0. The van der Waals surface area contributed by atoms with Gasteiger partial charge in [0.2, 0.25) is 0 Å². The Morgan fingerprint density at radius 2 is 0.853 bits per heavy atom. The van der Waals surface area contributed by atoms with Gasteiger partial charge in [-0.3, -0.25) is 0 Å². The summed E-state index contributed by atoms with van der Waals surface area (Å²) in [5.74, 6) is 0. The van der Waals surface area contributed by atoms with Crippen LogP contribution in [-0.2, 0) is 26.6 Å². The van der Waals surface area contributed by atoms with Crippen molar-refractivity contribution >= 4 is 33.6 Å². The van der Waals surface area contributed by atoms with Crippen molar-refractivity contribution in [1.29, 1.82) is 0 Å². The second-order valence-corrected chi connectivity index (χ2v) is 12.5. The molecule has 0 spiro atoms. The lowest BCUT2D eigenvalue weighted by molar-refractivity contribution is 0.0851. The van der Waals surface area contributed by atoms with Gasteiger partial charge in [-0.05, 0) is 70.4 Å². The van der Waals surface area contributed by atoms with Gasteiger partial charge in [0.1, 0.15) is 0 Å². The summed E-state index contributed by atoms with van der Waals surface area (Å²) in [5, 5.41) is 1.85. The van der Waals surface area contributed by atoms with E-state index in [0.29, 0.717) is 39.6 Å². The highest BCUT2D eigenvalue weighted by atomic mass is 28.4. The van der Waals surface area contributed by atoms with Crippen molar-refractivity contribution in [3.8, 4) is 0 Å². The van der Waals surface area contributed by atoms with Crippen molar-refractivity contribution in [2.45, 2.75) is 41.5 Å². The van der Waals surface area contributed by atoms with Crippen LogP contribution in [0.15, 0.2) is 55.1 Å². The molecule has 6 nitrogen and oxygen atoms in total. The molecule has 0 heterocycles. The SMILES string of the molecule is C=C(c1cccc([Si](OCC)(OCC)OCC)c1)c1cccc([Si](OCC)(OCC)OCC)c1. The number of hydrogen-bond donors (Lipinski definition) is 0. The lowest BCUT2D eigenvalue weighted by Gasteiger charge is -2.29. The number of hydrogen-bond acceptors (Lipinski definition) is 6. The minimum absolute atomic E-state index is 0.512. The van der Waals surface area contributed by atoms with Crippen molar-refractivity contribution in [3.05, 3.63) is 66.2 Å². The Kier molecular flexibility index (Phi) is 11.8. The highest BCUT2D eigenvalue weighted by molar-refractivity contribution is 6.76. The van der Waals surface area contributed by atoms with Gasteiger partial charge in [0, 0.05) is 50.0 Å². The van der Waals surface area contributed by atoms with E-state index < -0.39 is 17.6 Å². The van der Waals surface area contributed by atoms with Crippen LogP contribution < -0.4 is 10.4 Å². The Morgan fingerprint density at radius 1 is 0.559 bits per heavy atom. The Balaban J connectivity index is 2.49. The minimum Gasteiger partial charge on any atom is -0.370 e. The standard InChI is InChI=1S/C26H40O6Si2/c1-8-27-33(28-9-2,29-10-3)25-18-14-16-23(20-25)22(7)24-17-15-19-26(21-24)34(30-11-4,31-12-5)32-13-6/h14-21H,7-13H2,1-6H3. The smallest absolute Gasteiger partial charge is 0.370 e. The van der Waals surface area contributed by atoms with E-state index in [2.05, 4.69) is 18.7 Å². The predicted octanol–water partition coefficient (Wildman–Crippen LogP) is 4.26. The molecule has 0 bridgehead atoms. The maximum Gasteiger partial charge on any atom is 0.537 e. The second-order valence-electron chi connectivity index (χ2n) is 7.35. The quantitative estimate of drug-likeness (QED) is 0.319. The molecule has 0 fully saturated rings. The normalized spacial score (nSPS) is 12.2. The van der Waals surface area contributed by atoms with Crippen molar-refractivity contribution in [2.75, 3.05) is 39.6 Å². The average Bonchev–Trinajstić information content (AvgIpc) is 2.84. The van der Waals surface area contributed by atoms with Crippen molar-refractivity contribution in [3.63, 3.8) is 0 Å². The zero-order valence-corrected chi connectivity index (χ0v) is 23.5. The first-order valence-electron chi connectivity index (χ1n) is 12.2. The van der Waals surface area contributed by atoms with E-state index in [9.17, 15) is 0 Å². The monoisotopic (exact) mass is 504 g/mol. The van der Waals surface area contributed by atoms with Crippen LogP contribution in [0.3, 0.4) is 0 Å². The Labute approximate surface area is 207 Å². The Bertz CT molecular complexity index is 799. The average molecular weight is 505 g/mol. The van der Waals surface area contributed by atoms with Crippen LogP contribution in [0.5, 0.6) is 0 Å². The van der Waals surface area contributed by atoms with Gasteiger partial charge in [0.25, 0.3) is 0 Å². The first-order valence-corrected chi connectivity index (χ1v) is 15.6.